The first-order valence-corrected chi connectivity index (χ1v) is 7.72. The predicted octanol–water partition coefficient (Wildman–Crippen LogP) is 3.23. The van der Waals surface area contributed by atoms with Crippen LogP contribution in [0.2, 0.25) is 0 Å². The lowest BCUT2D eigenvalue weighted by molar-refractivity contribution is -0.125. The SMILES string of the molecule is COc1ccc(CN(C)C(=O)/C=C/c2ccc3c(c2)OCO3)cc1F. The number of ether oxygens (including phenoxy) is 3. The Morgan fingerprint density at radius 2 is 2.04 bits per heavy atom. The average molecular weight is 343 g/mol. The second-order valence-electron chi connectivity index (χ2n) is 5.61. The van der Waals surface area contributed by atoms with E-state index in [4.69, 9.17) is 14.2 Å². The first-order valence-electron chi connectivity index (χ1n) is 7.72. The van der Waals surface area contributed by atoms with E-state index in [1.807, 2.05) is 12.1 Å². The van der Waals surface area contributed by atoms with Gasteiger partial charge in [0.25, 0.3) is 0 Å². The van der Waals surface area contributed by atoms with Crippen LogP contribution < -0.4 is 14.2 Å². The lowest BCUT2D eigenvalue weighted by Gasteiger charge is -2.15. The summed E-state index contributed by atoms with van der Waals surface area (Å²) in [7, 11) is 3.07. The van der Waals surface area contributed by atoms with E-state index in [2.05, 4.69) is 0 Å². The average Bonchev–Trinajstić information content (AvgIpc) is 3.07. The molecule has 0 bridgehead atoms. The highest BCUT2D eigenvalue weighted by Crippen LogP contribution is 2.32. The van der Waals surface area contributed by atoms with Crippen LogP contribution in [0.1, 0.15) is 11.1 Å². The fourth-order valence-corrected chi connectivity index (χ4v) is 2.47. The number of halogens is 1. The van der Waals surface area contributed by atoms with Crippen LogP contribution in [-0.2, 0) is 11.3 Å². The zero-order chi connectivity index (χ0) is 17.8. The number of carbonyl (C=O) groups excluding carboxylic acids is 1. The standard InChI is InChI=1S/C19H18FNO4/c1-21(11-14-4-6-16(23-2)15(20)9-14)19(22)8-5-13-3-7-17-18(10-13)25-12-24-17/h3-10H,11-12H2,1-2H3/b8-5+. The van der Waals surface area contributed by atoms with Crippen molar-refractivity contribution in [3.8, 4) is 17.2 Å². The second-order valence-corrected chi connectivity index (χ2v) is 5.61. The lowest BCUT2D eigenvalue weighted by Crippen LogP contribution is -2.24. The molecule has 2 aromatic carbocycles. The van der Waals surface area contributed by atoms with Crippen LogP contribution in [-0.4, -0.2) is 31.8 Å². The summed E-state index contributed by atoms with van der Waals surface area (Å²) in [6.45, 7) is 0.508. The molecule has 3 rings (SSSR count). The molecule has 1 amide bonds. The summed E-state index contributed by atoms with van der Waals surface area (Å²) in [5, 5.41) is 0. The highest BCUT2D eigenvalue weighted by molar-refractivity contribution is 5.91. The third-order valence-corrected chi connectivity index (χ3v) is 3.83. The molecule has 1 aliphatic heterocycles. The monoisotopic (exact) mass is 343 g/mol. The van der Waals surface area contributed by atoms with Gasteiger partial charge in [0.2, 0.25) is 12.7 Å². The maximum Gasteiger partial charge on any atom is 0.246 e. The molecule has 0 unspecified atom stereocenters. The summed E-state index contributed by atoms with van der Waals surface area (Å²) >= 11 is 0. The van der Waals surface area contributed by atoms with Gasteiger partial charge in [-0.3, -0.25) is 4.79 Å². The van der Waals surface area contributed by atoms with Gasteiger partial charge in [-0.05, 0) is 41.5 Å². The van der Waals surface area contributed by atoms with E-state index in [-0.39, 0.29) is 18.4 Å². The molecule has 0 N–H and O–H groups in total. The van der Waals surface area contributed by atoms with Crippen LogP contribution in [0, 0.1) is 5.82 Å². The van der Waals surface area contributed by atoms with Crippen LogP contribution in [0.25, 0.3) is 6.08 Å². The van der Waals surface area contributed by atoms with Crippen molar-refractivity contribution in [2.75, 3.05) is 21.0 Å². The van der Waals surface area contributed by atoms with Crippen molar-refractivity contribution >= 4 is 12.0 Å². The summed E-state index contributed by atoms with van der Waals surface area (Å²) in [5.41, 5.74) is 1.52. The first-order chi connectivity index (χ1) is 12.1. The molecule has 0 atom stereocenters. The number of amides is 1. The summed E-state index contributed by atoms with van der Waals surface area (Å²) in [6, 6.07) is 10.1. The van der Waals surface area contributed by atoms with Crippen LogP contribution in [0.3, 0.4) is 0 Å². The number of nitrogens with zero attached hydrogens (tertiary/aromatic N) is 1. The predicted molar refractivity (Wildman–Crippen MR) is 91.0 cm³/mol. The fourth-order valence-electron chi connectivity index (χ4n) is 2.47. The highest BCUT2D eigenvalue weighted by Gasteiger charge is 2.13. The minimum Gasteiger partial charge on any atom is -0.494 e. The second kappa shape index (κ2) is 7.25. The molecular formula is C19H18FNO4. The minimum absolute atomic E-state index is 0.181. The third kappa shape index (κ3) is 3.91. The van der Waals surface area contributed by atoms with Gasteiger partial charge in [0, 0.05) is 19.7 Å². The van der Waals surface area contributed by atoms with Gasteiger partial charge in [-0.15, -0.1) is 0 Å². The van der Waals surface area contributed by atoms with Gasteiger partial charge >= 0.3 is 0 Å². The molecule has 130 valence electrons. The normalized spacial score (nSPS) is 12.4. The van der Waals surface area contributed by atoms with Crippen molar-refractivity contribution in [1.29, 1.82) is 0 Å². The van der Waals surface area contributed by atoms with Crippen LogP contribution in [0.5, 0.6) is 17.2 Å². The van der Waals surface area contributed by atoms with Crippen molar-refractivity contribution in [3.63, 3.8) is 0 Å². The van der Waals surface area contributed by atoms with E-state index in [0.29, 0.717) is 23.6 Å². The smallest absolute Gasteiger partial charge is 0.246 e. The molecule has 0 radical (unpaired) electrons. The van der Waals surface area contributed by atoms with Crippen LogP contribution in [0.15, 0.2) is 42.5 Å². The number of rotatable bonds is 5. The fraction of sp³-hybridized carbons (Fsp3) is 0.211. The Kier molecular flexibility index (Phi) is 4.88. The number of likely N-dealkylation sites (N-methyl/N-ethyl adjacent to an activating group) is 1. The lowest BCUT2D eigenvalue weighted by atomic mass is 10.1. The Bertz CT molecular complexity index is 819. The molecule has 1 aliphatic rings. The van der Waals surface area contributed by atoms with E-state index in [1.54, 1.807) is 31.3 Å². The molecule has 0 aliphatic carbocycles. The highest BCUT2D eigenvalue weighted by atomic mass is 19.1. The first kappa shape index (κ1) is 16.8. The summed E-state index contributed by atoms with van der Waals surface area (Å²) in [6.07, 6.45) is 3.17. The van der Waals surface area contributed by atoms with Gasteiger partial charge in [-0.2, -0.15) is 0 Å². The Hall–Kier alpha value is -3.02. The number of benzene rings is 2. The van der Waals surface area contributed by atoms with Crippen molar-refractivity contribution < 1.29 is 23.4 Å². The van der Waals surface area contributed by atoms with E-state index < -0.39 is 5.82 Å². The zero-order valence-electron chi connectivity index (χ0n) is 14.0. The quantitative estimate of drug-likeness (QED) is 0.782. The topological polar surface area (TPSA) is 48.0 Å². The molecule has 6 heteroatoms. The Morgan fingerprint density at radius 1 is 1.24 bits per heavy atom. The number of hydrogen-bond donors (Lipinski definition) is 0. The molecule has 0 spiro atoms. The van der Waals surface area contributed by atoms with Gasteiger partial charge < -0.3 is 19.1 Å². The molecular weight excluding hydrogens is 325 g/mol. The zero-order valence-corrected chi connectivity index (χ0v) is 14.0. The molecule has 0 saturated carbocycles. The maximum absolute atomic E-state index is 13.7. The summed E-state index contributed by atoms with van der Waals surface area (Å²) in [4.78, 5) is 13.7. The molecule has 0 saturated heterocycles. The van der Waals surface area contributed by atoms with Gasteiger partial charge in [0.1, 0.15) is 0 Å². The van der Waals surface area contributed by atoms with E-state index >= 15 is 0 Å². The van der Waals surface area contributed by atoms with Gasteiger partial charge in [0.05, 0.1) is 7.11 Å². The van der Waals surface area contributed by atoms with Gasteiger partial charge in [-0.25, -0.2) is 4.39 Å². The van der Waals surface area contributed by atoms with Gasteiger partial charge in [0.15, 0.2) is 23.1 Å². The van der Waals surface area contributed by atoms with Crippen molar-refractivity contribution in [2.24, 2.45) is 0 Å². The number of hydrogen-bond acceptors (Lipinski definition) is 4. The summed E-state index contributed by atoms with van der Waals surface area (Å²) in [5.74, 6) is 0.907. The van der Waals surface area contributed by atoms with E-state index in [0.717, 1.165) is 5.56 Å². The van der Waals surface area contributed by atoms with Gasteiger partial charge in [-0.1, -0.05) is 12.1 Å². The Labute approximate surface area is 145 Å². The van der Waals surface area contributed by atoms with Crippen molar-refractivity contribution in [3.05, 3.63) is 59.4 Å². The van der Waals surface area contributed by atoms with Crippen LogP contribution in [0.4, 0.5) is 4.39 Å². The number of methoxy groups -OCH3 is 1. The van der Waals surface area contributed by atoms with E-state index in [9.17, 15) is 9.18 Å². The molecule has 0 aromatic heterocycles. The number of carbonyl (C=O) groups is 1. The molecule has 2 aromatic rings. The number of fused-ring (bicyclic) bond motifs is 1. The van der Waals surface area contributed by atoms with Crippen LogP contribution >= 0.6 is 0 Å². The Morgan fingerprint density at radius 3 is 2.80 bits per heavy atom. The third-order valence-electron chi connectivity index (χ3n) is 3.83. The molecule has 0 fully saturated rings. The van der Waals surface area contributed by atoms with Crippen molar-refractivity contribution in [2.45, 2.75) is 6.54 Å². The summed E-state index contributed by atoms with van der Waals surface area (Å²) < 4.78 is 29.2. The minimum atomic E-state index is -0.447. The molecule has 1 heterocycles. The van der Waals surface area contributed by atoms with Crippen molar-refractivity contribution in [1.82, 2.24) is 4.90 Å². The van der Waals surface area contributed by atoms with E-state index in [1.165, 1.54) is 24.2 Å². The Balaban J connectivity index is 1.63. The molecule has 5 nitrogen and oxygen atoms in total. The largest absolute Gasteiger partial charge is 0.494 e. The maximum atomic E-state index is 13.7. The molecule has 25 heavy (non-hydrogen) atoms.